The minimum absolute atomic E-state index is 0.229. The Morgan fingerprint density at radius 1 is 1.24 bits per heavy atom. The van der Waals surface area contributed by atoms with Gasteiger partial charge in [-0.2, -0.15) is 0 Å². The van der Waals surface area contributed by atoms with Crippen molar-refractivity contribution in [2.45, 2.75) is 31.7 Å². The minimum atomic E-state index is 0.229. The summed E-state index contributed by atoms with van der Waals surface area (Å²) in [7, 11) is 0. The summed E-state index contributed by atoms with van der Waals surface area (Å²) in [6, 6.07) is 8.18. The van der Waals surface area contributed by atoms with E-state index in [0.717, 1.165) is 24.5 Å². The number of benzene rings is 1. The van der Waals surface area contributed by atoms with Crippen molar-refractivity contribution < 1.29 is 5.11 Å². The van der Waals surface area contributed by atoms with Crippen LogP contribution in [0.3, 0.4) is 0 Å². The largest absolute Gasteiger partial charge is 0.395 e. The van der Waals surface area contributed by atoms with Crippen LogP contribution in [0.4, 0.5) is 0 Å². The third-order valence-electron chi connectivity index (χ3n) is 3.48. The lowest BCUT2D eigenvalue weighted by Gasteiger charge is -2.33. The van der Waals surface area contributed by atoms with E-state index in [-0.39, 0.29) is 12.6 Å². The summed E-state index contributed by atoms with van der Waals surface area (Å²) in [6.45, 7) is 2.46. The zero-order valence-corrected chi connectivity index (χ0v) is 10.9. The summed E-state index contributed by atoms with van der Waals surface area (Å²) >= 11 is 5.98. The Balaban J connectivity index is 1.98. The van der Waals surface area contributed by atoms with E-state index < -0.39 is 0 Å². The highest BCUT2D eigenvalue weighted by Crippen LogP contribution is 2.17. The molecule has 2 nitrogen and oxygen atoms in total. The molecule has 3 heteroatoms. The molecule has 2 rings (SSSR count). The fourth-order valence-corrected chi connectivity index (χ4v) is 2.74. The number of rotatable bonds is 4. The van der Waals surface area contributed by atoms with Gasteiger partial charge in [-0.05, 0) is 50.0 Å². The number of hydrogen-bond donors (Lipinski definition) is 1. The second kappa shape index (κ2) is 6.39. The second-order valence-corrected chi connectivity index (χ2v) is 5.20. The molecule has 0 bridgehead atoms. The molecule has 94 valence electrons. The maximum Gasteiger partial charge on any atom is 0.0590 e. The molecule has 0 aromatic heterocycles. The highest BCUT2D eigenvalue weighted by molar-refractivity contribution is 6.30. The van der Waals surface area contributed by atoms with Crippen molar-refractivity contribution >= 4 is 11.6 Å². The van der Waals surface area contributed by atoms with Crippen LogP contribution in [0.2, 0.25) is 5.02 Å². The summed E-state index contributed by atoms with van der Waals surface area (Å²) < 4.78 is 0. The Bertz CT molecular complexity index is 350. The summed E-state index contributed by atoms with van der Waals surface area (Å²) in [5.41, 5.74) is 1.21. The van der Waals surface area contributed by atoms with Crippen LogP contribution in [0.25, 0.3) is 0 Å². The van der Waals surface area contributed by atoms with E-state index >= 15 is 0 Å². The van der Waals surface area contributed by atoms with E-state index in [1.807, 2.05) is 18.2 Å². The molecule has 0 saturated carbocycles. The van der Waals surface area contributed by atoms with Gasteiger partial charge in [0.15, 0.2) is 0 Å². The SMILES string of the molecule is OCC(Cc1cccc(Cl)c1)N1CCCCC1. The van der Waals surface area contributed by atoms with Crippen LogP contribution in [0.15, 0.2) is 24.3 Å². The minimum Gasteiger partial charge on any atom is -0.395 e. The Kier molecular flexibility index (Phi) is 4.84. The predicted octanol–water partition coefficient (Wildman–Crippen LogP) is 2.73. The number of piperidine rings is 1. The van der Waals surface area contributed by atoms with Crippen LogP contribution < -0.4 is 0 Å². The quantitative estimate of drug-likeness (QED) is 0.892. The third-order valence-corrected chi connectivity index (χ3v) is 3.71. The highest BCUT2D eigenvalue weighted by atomic mass is 35.5. The molecule has 1 heterocycles. The van der Waals surface area contributed by atoms with Crippen LogP contribution >= 0.6 is 11.6 Å². The maximum atomic E-state index is 9.53. The van der Waals surface area contributed by atoms with Crippen LogP contribution in [0, 0.1) is 0 Å². The van der Waals surface area contributed by atoms with Crippen molar-refractivity contribution in [3.8, 4) is 0 Å². The summed E-state index contributed by atoms with van der Waals surface area (Å²) in [5.74, 6) is 0. The van der Waals surface area contributed by atoms with Gasteiger partial charge in [0.1, 0.15) is 0 Å². The Morgan fingerprint density at radius 3 is 2.65 bits per heavy atom. The van der Waals surface area contributed by atoms with Crippen molar-refractivity contribution in [1.82, 2.24) is 4.90 Å². The third kappa shape index (κ3) is 3.70. The van der Waals surface area contributed by atoms with Gasteiger partial charge >= 0.3 is 0 Å². The van der Waals surface area contributed by atoms with Crippen molar-refractivity contribution in [2.75, 3.05) is 19.7 Å². The molecule has 1 N–H and O–H groups in total. The van der Waals surface area contributed by atoms with E-state index in [0.29, 0.717) is 0 Å². The standard InChI is InChI=1S/C14H20ClNO/c15-13-6-4-5-12(9-13)10-14(11-17)16-7-2-1-3-8-16/h4-6,9,14,17H,1-3,7-8,10-11H2. The molecule has 1 unspecified atom stereocenters. The number of aliphatic hydroxyl groups excluding tert-OH is 1. The first-order chi connectivity index (χ1) is 8.29. The number of aliphatic hydroxyl groups is 1. The average molecular weight is 254 g/mol. The van der Waals surface area contributed by atoms with Crippen molar-refractivity contribution in [3.05, 3.63) is 34.9 Å². The molecule has 1 atom stereocenters. The first-order valence-corrected chi connectivity index (χ1v) is 6.77. The van der Waals surface area contributed by atoms with Gasteiger partial charge in [-0.25, -0.2) is 0 Å². The second-order valence-electron chi connectivity index (χ2n) is 4.77. The van der Waals surface area contributed by atoms with E-state index in [9.17, 15) is 5.11 Å². The van der Waals surface area contributed by atoms with Crippen LogP contribution in [-0.4, -0.2) is 35.7 Å². The lowest BCUT2D eigenvalue weighted by Crippen LogP contribution is -2.42. The van der Waals surface area contributed by atoms with E-state index in [1.165, 1.54) is 24.8 Å². The molecule has 1 aromatic carbocycles. The fraction of sp³-hybridized carbons (Fsp3) is 0.571. The van der Waals surface area contributed by atoms with Gasteiger partial charge in [-0.15, -0.1) is 0 Å². The van der Waals surface area contributed by atoms with E-state index in [4.69, 9.17) is 11.6 Å². The first kappa shape index (κ1) is 12.9. The molecular formula is C14H20ClNO. The molecule has 0 amide bonds. The van der Waals surface area contributed by atoms with Gasteiger partial charge in [-0.1, -0.05) is 30.2 Å². The number of halogens is 1. The maximum absolute atomic E-state index is 9.53. The lowest BCUT2D eigenvalue weighted by molar-refractivity contribution is 0.104. The molecule has 1 aromatic rings. The number of nitrogens with zero attached hydrogens (tertiary/aromatic N) is 1. The topological polar surface area (TPSA) is 23.5 Å². The summed E-state index contributed by atoms with van der Waals surface area (Å²) in [5, 5.41) is 10.3. The highest BCUT2D eigenvalue weighted by Gasteiger charge is 2.20. The molecular weight excluding hydrogens is 234 g/mol. The Hall–Kier alpha value is -0.570. The Morgan fingerprint density at radius 2 is 2.00 bits per heavy atom. The van der Waals surface area contributed by atoms with Gasteiger partial charge in [0.2, 0.25) is 0 Å². The van der Waals surface area contributed by atoms with E-state index in [2.05, 4.69) is 11.0 Å². The van der Waals surface area contributed by atoms with Crippen molar-refractivity contribution in [2.24, 2.45) is 0 Å². The van der Waals surface area contributed by atoms with E-state index in [1.54, 1.807) is 0 Å². The first-order valence-electron chi connectivity index (χ1n) is 6.39. The van der Waals surface area contributed by atoms with Crippen molar-refractivity contribution in [1.29, 1.82) is 0 Å². The fourth-order valence-electron chi connectivity index (χ4n) is 2.53. The molecule has 0 radical (unpaired) electrons. The number of hydrogen-bond acceptors (Lipinski definition) is 2. The Labute approximate surface area is 108 Å². The average Bonchev–Trinajstić information content (AvgIpc) is 2.37. The molecule has 1 fully saturated rings. The molecule has 0 spiro atoms. The zero-order valence-electron chi connectivity index (χ0n) is 10.1. The van der Waals surface area contributed by atoms with Crippen molar-refractivity contribution in [3.63, 3.8) is 0 Å². The monoisotopic (exact) mass is 253 g/mol. The van der Waals surface area contributed by atoms with Gasteiger partial charge in [0, 0.05) is 11.1 Å². The zero-order chi connectivity index (χ0) is 12.1. The van der Waals surface area contributed by atoms with Gasteiger partial charge < -0.3 is 5.11 Å². The molecule has 0 aliphatic carbocycles. The van der Waals surface area contributed by atoms with Crippen LogP contribution in [-0.2, 0) is 6.42 Å². The lowest BCUT2D eigenvalue weighted by atomic mass is 10.0. The summed E-state index contributed by atoms with van der Waals surface area (Å²) in [6.07, 6.45) is 4.72. The smallest absolute Gasteiger partial charge is 0.0590 e. The normalized spacial score (nSPS) is 19.2. The van der Waals surface area contributed by atoms with Gasteiger partial charge in [0.05, 0.1) is 6.61 Å². The van der Waals surface area contributed by atoms with Gasteiger partial charge in [-0.3, -0.25) is 4.90 Å². The number of likely N-dealkylation sites (tertiary alicyclic amines) is 1. The molecule has 1 aliphatic heterocycles. The molecule has 1 aliphatic rings. The predicted molar refractivity (Wildman–Crippen MR) is 71.5 cm³/mol. The summed E-state index contributed by atoms with van der Waals surface area (Å²) in [4.78, 5) is 2.41. The molecule has 17 heavy (non-hydrogen) atoms. The molecule has 1 saturated heterocycles. The van der Waals surface area contributed by atoms with Gasteiger partial charge in [0.25, 0.3) is 0 Å². The van der Waals surface area contributed by atoms with Crippen LogP contribution in [0.5, 0.6) is 0 Å². The van der Waals surface area contributed by atoms with Crippen LogP contribution in [0.1, 0.15) is 24.8 Å².